The minimum atomic E-state index is 0.00722. The summed E-state index contributed by atoms with van der Waals surface area (Å²) in [4.78, 5) is 0. The lowest BCUT2D eigenvalue weighted by molar-refractivity contribution is 0.0138. The second-order valence-electron chi connectivity index (χ2n) is 4.54. The van der Waals surface area contributed by atoms with Crippen LogP contribution in [0.2, 0.25) is 0 Å². The van der Waals surface area contributed by atoms with Crippen molar-refractivity contribution in [1.29, 1.82) is 0 Å². The Morgan fingerprint density at radius 3 is 2.73 bits per heavy atom. The van der Waals surface area contributed by atoms with Gasteiger partial charge in [0.15, 0.2) is 0 Å². The van der Waals surface area contributed by atoms with Crippen molar-refractivity contribution in [3.8, 4) is 0 Å². The van der Waals surface area contributed by atoms with E-state index in [2.05, 4.69) is 6.92 Å². The largest absolute Gasteiger partial charge is 0.393 e. The molecule has 1 unspecified atom stereocenters. The molecule has 64 valence electrons. The molecule has 0 radical (unpaired) electrons. The first-order valence-electron chi connectivity index (χ1n) is 4.91. The first kappa shape index (κ1) is 7.60. The fraction of sp³-hybridized carbons (Fsp3) is 1.00. The van der Waals surface area contributed by atoms with E-state index in [0.29, 0.717) is 5.41 Å². The van der Waals surface area contributed by atoms with Gasteiger partial charge in [-0.2, -0.15) is 0 Å². The molecule has 0 spiro atoms. The van der Waals surface area contributed by atoms with Crippen LogP contribution in [0.25, 0.3) is 0 Å². The van der Waals surface area contributed by atoms with Gasteiger partial charge in [0, 0.05) is 0 Å². The molecule has 11 heavy (non-hydrogen) atoms. The molecule has 0 aromatic heterocycles. The molecule has 1 heteroatoms. The molecular weight excluding hydrogens is 136 g/mol. The van der Waals surface area contributed by atoms with E-state index in [1.165, 1.54) is 32.1 Å². The van der Waals surface area contributed by atoms with Gasteiger partial charge in [-0.1, -0.05) is 19.8 Å². The molecule has 2 aliphatic rings. The van der Waals surface area contributed by atoms with E-state index >= 15 is 0 Å². The summed E-state index contributed by atoms with van der Waals surface area (Å²) in [5, 5.41) is 9.78. The number of rotatable bonds is 0. The molecule has 0 saturated heterocycles. The Labute approximate surface area is 68.8 Å². The predicted octanol–water partition coefficient (Wildman–Crippen LogP) is 2.34. The maximum atomic E-state index is 9.78. The third-order valence-electron chi connectivity index (χ3n) is 4.00. The van der Waals surface area contributed by atoms with Crippen LogP contribution < -0.4 is 0 Å². The van der Waals surface area contributed by atoms with Crippen molar-refractivity contribution in [2.45, 2.75) is 51.6 Å². The van der Waals surface area contributed by atoms with Gasteiger partial charge in [0.2, 0.25) is 0 Å². The van der Waals surface area contributed by atoms with E-state index in [1.807, 2.05) is 0 Å². The summed E-state index contributed by atoms with van der Waals surface area (Å²) in [6.45, 7) is 2.29. The van der Waals surface area contributed by atoms with E-state index in [1.54, 1.807) is 0 Å². The average molecular weight is 154 g/mol. The molecule has 2 aliphatic carbocycles. The zero-order chi connectivity index (χ0) is 7.90. The fourth-order valence-electron chi connectivity index (χ4n) is 3.03. The van der Waals surface area contributed by atoms with Crippen molar-refractivity contribution in [3.63, 3.8) is 0 Å². The Kier molecular flexibility index (Phi) is 1.71. The number of aliphatic hydroxyl groups excluding tert-OH is 1. The first-order chi connectivity index (χ1) is 5.23. The van der Waals surface area contributed by atoms with Gasteiger partial charge in [0.25, 0.3) is 0 Å². The Balaban J connectivity index is 2.16. The van der Waals surface area contributed by atoms with Crippen LogP contribution in [0.1, 0.15) is 45.4 Å². The standard InChI is InChI=1S/C10H18O/c1-10-7-3-2-4-8(10)5-6-9(10)11/h8-9,11H,2-7H2,1H3/t8-,9?,10+/m0/s1. The van der Waals surface area contributed by atoms with Crippen LogP contribution in [0, 0.1) is 11.3 Å². The summed E-state index contributed by atoms with van der Waals surface area (Å²) in [6, 6.07) is 0. The topological polar surface area (TPSA) is 20.2 Å². The van der Waals surface area contributed by atoms with Crippen LogP contribution in [0.3, 0.4) is 0 Å². The molecule has 2 saturated carbocycles. The monoisotopic (exact) mass is 154 g/mol. The quantitative estimate of drug-likeness (QED) is 0.568. The summed E-state index contributed by atoms with van der Waals surface area (Å²) >= 11 is 0. The molecular formula is C10H18O. The smallest absolute Gasteiger partial charge is 0.0596 e. The Hall–Kier alpha value is -0.0400. The van der Waals surface area contributed by atoms with E-state index in [4.69, 9.17) is 0 Å². The summed E-state index contributed by atoms with van der Waals surface area (Å²) in [5.41, 5.74) is 0.304. The van der Waals surface area contributed by atoms with Gasteiger partial charge < -0.3 is 5.11 Å². The maximum absolute atomic E-state index is 9.78. The molecule has 0 aromatic rings. The molecule has 2 rings (SSSR count). The van der Waals surface area contributed by atoms with Crippen LogP contribution in [-0.4, -0.2) is 11.2 Å². The number of fused-ring (bicyclic) bond motifs is 1. The van der Waals surface area contributed by atoms with Gasteiger partial charge in [-0.3, -0.25) is 0 Å². The van der Waals surface area contributed by atoms with Crippen molar-refractivity contribution < 1.29 is 5.11 Å². The van der Waals surface area contributed by atoms with Gasteiger partial charge in [-0.15, -0.1) is 0 Å². The van der Waals surface area contributed by atoms with Gasteiger partial charge in [-0.25, -0.2) is 0 Å². The lowest BCUT2D eigenvalue weighted by atomic mass is 9.69. The highest BCUT2D eigenvalue weighted by Crippen LogP contribution is 2.51. The Morgan fingerprint density at radius 1 is 1.18 bits per heavy atom. The van der Waals surface area contributed by atoms with Gasteiger partial charge in [0.1, 0.15) is 0 Å². The zero-order valence-electron chi connectivity index (χ0n) is 7.34. The van der Waals surface area contributed by atoms with Crippen molar-refractivity contribution in [2.75, 3.05) is 0 Å². The van der Waals surface area contributed by atoms with Crippen LogP contribution in [-0.2, 0) is 0 Å². The van der Waals surface area contributed by atoms with Crippen LogP contribution in [0.4, 0.5) is 0 Å². The molecule has 2 fully saturated rings. The summed E-state index contributed by atoms with van der Waals surface area (Å²) in [5.74, 6) is 0.839. The minimum absolute atomic E-state index is 0.00722. The lowest BCUT2D eigenvalue weighted by Gasteiger charge is -2.38. The highest BCUT2D eigenvalue weighted by atomic mass is 16.3. The highest BCUT2D eigenvalue weighted by molar-refractivity contribution is 4.96. The van der Waals surface area contributed by atoms with E-state index in [-0.39, 0.29) is 6.10 Å². The highest BCUT2D eigenvalue weighted by Gasteiger charge is 2.46. The predicted molar refractivity (Wildman–Crippen MR) is 45.3 cm³/mol. The van der Waals surface area contributed by atoms with Crippen molar-refractivity contribution in [2.24, 2.45) is 11.3 Å². The minimum Gasteiger partial charge on any atom is -0.393 e. The van der Waals surface area contributed by atoms with E-state index in [9.17, 15) is 5.11 Å². The third kappa shape index (κ3) is 1.01. The average Bonchev–Trinajstić information content (AvgIpc) is 2.29. The summed E-state index contributed by atoms with van der Waals surface area (Å²) in [7, 11) is 0. The maximum Gasteiger partial charge on any atom is 0.0596 e. The molecule has 0 aliphatic heterocycles. The molecule has 0 amide bonds. The van der Waals surface area contributed by atoms with Crippen LogP contribution in [0.5, 0.6) is 0 Å². The third-order valence-corrected chi connectivity index (χ3v) is 4.00. The molecule has 0 bridgehead atoms. The Morgan fingerprint density at radius 2 is 2.00 bits per heavy atom. The van der Waals surface area contributed by atoms with Gasteiger partial charge in [0.05, 0.1) is 6.10 Å². The van der Waals surface area contributed by atoms with E-state index < -0.39 is 0 Å². The number of hydrogen-bond donors (Lipinski definition) is 1. The summed E-state index contributed by atoms with van der Waals surface area (Å²) in [6.07, 6.45) is 7.70. The number of aliphatic hydroxyl groups is 1. The van der Waals surface area contributed by atoms with Crippen LogP contribution >= 0.6 is 0 Å². The molecule has 0 aromatic carbocycles. The molecule has 0 heterocycles. The van der Waals surface area contributed by atoms with Gasteiger partial charge >= 0.3 is 0 Å². The zero-order valence-corrected chi connectivity index (χ0v) is 7.34. The Bertz CT molecular complexity index is 153. The van der Waals surface area contributed by atoms with Gasteiger partial charge in [-0.05, 0) is 37.0 Å². The first-order valence-corrected chi connectivity index (χ1v) is 4.91. The molecule has 3 atom stereocenters. The molecule has 1 N–H and O–H groups in total. The summed E-state index contributed by atoms with van der Waals surface area (Å²) < 4.78 is 0. The fourth-order valence-corrected chi connectivity index (χ4v) is 3.03. The van der Waals surface area contributed by atoms with Crippen molar-refractivity contribution in [3.05, 3.63) is 0 Å². The van der Waals surface area contributed by atoms with Crippen LogP contribution in [0.15, 0.2) is 0 Å². The van der Waals surface area contributed by atoms with Crippen molar-refractivity contribution in [1.82, 2.24) is 0 Å². The SMILES string of the molecule is C[C@@]12CCCC[C@H]1CCC2O. The van der Waals surface area contributed by atoms with E-state index in [0.717, 1.165) is 12.3 Å². The number of hydrogen-bond acceptors (Lipinski definition) is 1. The van der Waals surface area contributed by atoms with Crippen molar-refractivity contribution >= 4 is 0 Å². The normalized spacial score (nSPS) is 50.7. The molecule has 1 nitrogen and oxygen atoms in total. The lowest BCUT2D eigenvalue weighted by Crippen LogP contribution is -2.34. The second-order valence-corrected chi connectivity index (χ2v) is 4.54. The second kappa shape index (κ2) is 2.48.